The zero-order valence-corrected chi connectivity index (χ0v) is 10.7. The summed E-state index contributed by atoms with van der Waals surface area (Å²) in [6, 6.07) is 3.39. The highest BCUT2D eigenvalue weighted by Crippen LogP contribution is 2.30. The van der Waals surface area contributed by atoms with Crippen LogP contribution in [0.3, 0.4) is 0 Å². The number of carbonyl (C=O) groups is 1. The van der Waals surface area contributed by atoms with Gasteiger partial charge in [0.1, 0.15) is 0 Å². The van der Waals surface area contributed by atoms with Gasteiger partial charge in [-0.3, -0.25) is 4.79 Å². The fourth-order valence-electron chi connectivity index (χ4n) is 1.30. The van der Waals surface area contributed by atoms with E-state index >= 15 is 0 Å². The van der Waals surface area contributed by atoms with Crippen molar-refractivity contribution in [1.82, 2.24) is 0 Å². The van der Waals surface area contributed by atoms with E-state index in [1.165, 1.54) is 0 Å². The van der Waals surface area contributed by atoms with Crippen molar-refractivity contribution in [2.45, 2.75) is 17.5 Å². The summed E-state index contributed by atoms with van der Waals surface area (Å²) in [4.78, 5) is 10.4. The first-order valence-electron chi connectivity index (χ1n) is 5.13. The largest absolute Gasteiger partial charge is 0.469 e. The van der Waals surface area contributed by atoms with Crippen LogP contribution in [0.15, 0.2) is 29.2 Å². The third-order valence-corrected chi connectivity index (χ3v) is 4.04. The van der Waals surface area contributed by atoms with Crippen LogP contribution in [-0.2, 0) is 25.5 Å². The van der Waals surface area contributed by atoms with Crippen molar-refractivity contribution in [3.63, 3.8) is 0 Å². The van der Waals surface area contributed by atoms with E-state index in [1.807, 2.05) is 0 Å². The van der Waals surface area contributed by atoms with E-state index in [0.29, 0.717) is 6.07 Å². The summed E-state index contributed by atoms with van der Waals surface area (Å²) in [6.45, 7) is 0. The highest BCUT2D eigenvalue weighted by Gasteiger charge is 2.31. The van der Waals surface area contributed by atoms with Crippen LogP contribution in [0.4, 0.5) is 13.2 Å². The molecule has 0 aromatic heterocycles. The molecule has 0 aliphatic carbocycles. The van der Waals surface area contributed by atoms with Crippen molar-refractivity contribution in [3.05, 3.63) is 29.8 Å². The summed E-state index contributed by atoms with van der Waals surface area (Å²) in [6.07, 6.45) is -5.02. The lowest BCUT2D eigenvalue weighted by atomic mass is 10.2. The van der Waals surface area contributed by atoms with E-state index in [9.17, 15) is 26.4 Å². The maximum absolute atomic E-state index is 12.5. The monoisotopic (exact) mass is 296 g/mol. The molecule has 0 unspecified atom stereocenters. The standard InChI is InChI=1S/C11H11F3O4S/c1-18-10(15)5-6-19(16,17)9-4-2-3-8(7-9)11(12,13)14/h2-4,7H,5-6H2,1H3. The quantitative estimate of drug-likeness (QED) is 0.798. The minimum absolute atomic E-state index is 0.408. The van der Waals surface area contributed by atoms with Gasteiger partial charge < -0.3 is 4.74 Å². The van der Waals surface area contributed by atoms with E-state index < -0.39 is 44.6 Å². The molecule has 0 aliphatic heterocycles. The number of ether oxygens (including phenoxy) is 1. The molecule has 0 fully saturated rings. The van der Waals surface area contributed by atoms with Gasteiger partial charge in [-0.25, -0.2) is 8.42 Å². The fraction of sp³-hybridized carbons (Fsp3) is 0.364. The van der Waals surface area contributed by atoms with Crippen LogP contribution >= 0.6 is 0 Å². The molecule has 1 rings (SSSR count). The number of esters is 1. The molecule has 1 aromatic carbocycles. The van der Waals surface area contributed by atoms with Gasteiger partial charge in [-0.1, -0.05) is 6.07 Å². The van der Waals surface area contributed by atoms with Crippen LogP contribution in [0.5, 0.6) is 0 Å². The van der Waals surface area contributed by atoms with Crippen molar-refractivity contribution in [3.8, 4) is 0 Å². The Hall–Kier alpha value is -1.57. The molecule has 0 heterocycles. The third-order valence-electron chi connectivity index (χ3n) is 2.32. The van der Waals surface area contributed by atoms with Crippen molar-refractivity contribution in [2.24, 2.45) is 0 Å². The minimum Gasteiger partial charge on any atom is -0.469 e. The van der Waals surface area contributed by atoms with Crippen LogP contribution in [-0.4, -0.2) is 27.2 Å². The molecule has 0 amide bonds. The first-order valence-corrected chi connectivity index (χ1v) is 6.79. The maximum atomic E-state index is 12.5. The van der Waals surface area contributed by atoms with Crippen LogP contribution < -0.4 is 0 Å². The molecule has 0 saturated carbocycles. The molecule has 0 aliphatic rings. The number of alkyl halides is 3. The van der Waals surface area contributed by atoms with Crippen LogP contribution in [0, 0.1) is 0 Å². The smallest absolute Gasteiger partial charge is 0.416 e. The summed E-state index contributed by atoms with van der Waals surface area (Å²) in [5, 5.41) is 0. The highest BCUT2D eigenvalue weighted by atomic mass is 32.2. The van der Waals surface area contributed by atoms with Gasteiger partial charge in [-0.15, -0.1) is 0 Å². The SMILES string of the molecule is COC(=O)CCS(=O)(=O)c1cccc(C(F)(F)F)c1. The lowest BCUT2D eigenvalue weighted by molar-refractivity contribution is -0.140. The zero-order valence-electron chi connectivity index (χ0n) is 9.90. The van der Waals surface area contributed by atoms with E-state index in [-0.39, 0.29) is 0 Å². The number of hydrogen-bond acceptors (Lipinski definition) is 4. The average Bonchev–Trinajstić information content (AvgIpc) is 2.35. The molecule has 106 valence electrons. The molecule has 0 saturated heterocycles. The van der Waals surface area contributed by atoms with Gasteiger partial charge >= 0.3 is 12.1 Å². The Morgan fingerprint density at radius 3 is 2.47 bits per heavy atom. The van der Waals surface area contributed by atoms with Crippen molar-refractivity contribution in [2.75, 3.05) is 12.9 Å². The van der Waals surface area contributed by atoms with Crippen LogP contribution in [0.25, 0.3) is 0 Å². The second kappa shape index (κ2) is 5.60. The molecule has 0 N–H and O–H groups in total. The first-order chi connectivity index (χ1) is 8.66. The summed E-state index contributed by atoms with van der Waals surface area (Å²) in [5.74, 6) is -1.34. The summed E-state index contributed by atoms with van der Waals surface area (Å²) in [7, 11) is -2.85. The number of methoxy groups -OCH3 is 1. The normalized spacial score (nSPS) is 12.2. The highest BCUT2D eigenvalue weighted by molar-refractivity contribution is 7.91. The first kappa shape index (κ1) is 15.5. The number of hydrogen-bond donors (Lipinski definition) is 0. The van der Waals surface area contributed by atoms with Gasteiger partial charge in [0.2, 0.25) is 0 Å². The Labute approximate surface area is 108 Å². The Bertz CT molecular complexity index is 564. The van der Waals surface area contributed by atoms with Gasteiger partial charge in [0, 0.05) is 0 Å². The lowest BCUT2D eigenvalue weighted by Crippen LogP contribution is -2.13. The van der Waals surface area contributed by atoms with Crippen LogP contribution in [0.1, 0.15) is 12.0 Å². The van der Waals surface area contributed by atoms with Crippen molar-refractivity contribution in [1.29, 1.82) is 0 Å². The number of carbonyl (C=O) groups excluding carboxylic acids is 1. The predicted molar refractivity (Wildman–Crippen MR) is 60.1 cm³/mol. The molecule has 0 bridgehead atoms. The van der Waals surface area contributed by atoms with Crippen molar-refractivity contribution < 1.29 is 31.1 Å². The summed E-state index contributed by atoms with van der Waals surface area (Å²) in [5.41, 5.74) is -1.05. The van der Waals surface area contributed by atoms with E-state index in [1.54, 1.807) is 0 Å². The number of benzene rings is 1. The summed E-state index contributed by atoms with van der Waals surface area (Å²) >= 11 is 0. The van der Waals surface area contributed by atoms with Crippen molar-refractivity contribution >= 4 is 15.8 Å². The second-order valence-electron chi connectivity index (χ2n) is 3.67. The maximum Gasteiger partial charge on any atom is 0.416 e. The minimum atomic E-state index is -4.62. The van der Waals surface area contributed by atoms with E-state index in [2.05, 4.69) is 4.74 Å². The number of sulfone groups is 1. The topological polar surface area (TPSA) is 60.4 Å². The molecule has 4 nitrogen and oxygen atoms in total. The molecule has 1 aromatic rings. The predicted octanol–water partition coefficient (Wildman–Crippen LogP) is 2.04. The van der Waals surface area contributed by atoms with Crippen LogP contribution in [0.2, 0.25) is 0 Å². The van der Waals surface area contributed by atoms with E-state index in [0.717, 1.165) is 25.3 Å². The Balaban J connectivity index is 2.99. The van der Waals surface area contributed by atoms with Gasteiger partial charge in [0.05, 0.1) is 29.7 Å². The van der Waals surface area contributed by atoms with Gasteiger partial charge in [0.15, 0.2) is 9.84 Å². The molecule has 0 atom stereocenters. The van der Waals surface area contributed by atoms with Gasteiger partial charge in [-0.05, 0) is 18.2 Å². The Morgan fingerprint density at radius 1 is 1.32 bits per heavy atom. The fourth-order valence-corrected chi connectivity index (χ4v) is 2.57. The molecule has 0 radical (unpaired) electrons. The number of halogens is 3. The van der Waals surface area contributed by atoms with Gasteiger partial charge in [-0.2, -0.15) is 13.2 Å². The molecule has 0 spiro atoms. The molecular formula is C11H11F3O4S. The second-order valence-corrected chi connectivity index (χ2v) is 5.78. The number of rotatable bonds is 4. The van der Waals surface area contributed by atoms with Gasteiger partial charge in [0.25, 0.3) is 0 Å². The zero-order chi connectivity index (χ0) is 14.7. The average molecular weight is 296 g/mol. The van der Waals surface area contributed by atoms with E-state index in [4.69, 9.17) is 0 Å². The lowest BCUT2D eigenvalue weighted by Gasteiger charge is -2.09. The Kier molecular flexibility index (Phi) is 4.56. The molecular weight excluding hydrogens is 285 g/mol. The molecule has 8 heteroatoms. The third kappa shape index (κ3) is 4.23. The molecule has 19 heavy (non-hydrogen) atoms. The summed E-state index contributed by atoms with van der Waals surface area (Å²) < 4.78 is 65.2. The Morgan fingerprint density at radius 2 is 1.95 bits per heavy atom.